The number of rotatable bonds is 7. The number of aryl methyl sites for hydroxylation is 1. The first-order valence-corrected chi connectivity index (χ1v) is 15.0. The highest BCUT2D eigenvalue weighted by molar-refractivity contribution is 5.91. The van der Waals surface area contributed by atoms with Gasteiger partial charge in [-0.25, -0.2) is 9.59 Å². The third kappa shape index (κ3) is 6.69. The Morgan fingerprint density at radius 1 is 0.977 bits per heavy atom. The quantitative estimate of drug-likeness (QED) is 0.205. The standard InChI is InChI=1S/C37H41NO5/c1-24-18-19-27(22-32(24)35(39)41-6)33-23-28(42-34-17-10-9-15-31(33)34)20-21-38(36(40)43-37(3,4)5)25(2)29-16-11-13-26-12-7-8-14-30(26)29/h7-19,22,25,28,33H,20-21,23H2,1-6H3/t25-,28-,33?/m1/s1. The van der Waals surface area contributed by atoms with Crippen LogP contribution in [0.25, 0.3) is 10.8 Å². The molecule has 3 atom stereocenters. The molecule has 5 rings (SSSR count). The van der Waals surface area contributed by atoms with Gasteiger partial charge in [0.1, 0.15) is 17.5 Å². The Morgan fingerprint density at radius 3 is 2.47 bits per heavy atom. The number of fused-ring (bicyclic) bond motifs is 2. The number of benzene rings is 4. The van der Waals surface area contributed by atoms with E-state index in [1.807, 2.05) is 81.1 Å². The summed E-state index contributed by atoms with van der Waals surface area (Å²) in [6.45, 7) is 10.1. The topological polar surface area (TPSA) is 65.1 Å². The molecule has 0 saturated heterocycles. The molecule has 1 amide bonds. The van der Waals surface area contributed by atoms with Gasteiger partial charge in [0.05, 0.1) is 18.7 Å². The van der Waals surface area contributed by atoms with Gasteiger partial charge in [0.25, 0.3) is 0 Å². The Bertz CT molecular complexity index is 1620. The fraction of sp³-hybridized carbons (Fsp3) is 0.351. The molecular formula is C37H41NO5. The summed E-state index contributed by atoms with van der Waals surface area (Å²) in [5, 5.41) is 2.25. The van der Waals surface area contributed by atoms with Crippen LogP contribution in [0.2, 0.25) is 0 Å². The van der Waals surface area contributed by atoms with E-state index in [4.69, 9.17) is 14.2 Å². The highest BCUT2D eigenvalue weighted by Gasteiger charge is 2.33. The second-order valence-electron chi connectivity index (χ2n) is 12.3. The van der Waals surface area contributed by atoms with E-state index in [1.165, 1.54) is 7.11 Å². The van der Waals surface area contributed by atoms with E-state index in [-0.39, 0.29) is 30.1 Å². The lowest BCUT2D eigenvalue weighted by Gasteiger charge is -2.36. The largest absolute Gasteiger partial charge is 0.490 e. The second-order valence-corrected chi connectivity index (χ2v) is 12.3. The molecule has 4 aromatic rings. The highest BCUT2D eigenvalue weighted by Crippen LogP contribution is 2.42. The molecule has 0 spiro atoms. The van der Waals surface area contributed by atoms with Crippen molar-refractivity contribution in [3.8, 4) is 5.75 Å². The summed E-state index contributed by atoms with van der Waals surface area (Å²) in [5.41, 5.74) is 4.03. The number of carbonyl (C=O) groups is 2. The lowest BCUT2D eigenvalue weighted by molar-refractivity contribution is 0.0141. The van der Waals surface area contributed by atoms with Gasteiger partial charge in [-0.1, -0.05) is 72.8 Å². The number of esters is 1. The molecule has 6 heteroatoms. The Kier molecular flexibility index (Phi) is 8.77. The Morgan fingerprint density at radius 2 is 1.70 bits per heavy atom. The summed E-state index contributed by atoms with van der Waals surface area (Å²) < 4.78 is 17.5. The Balaban J connectivity index is 1.43. The van der Waals surface area contributed by atoms with Gasteiger partial charge in [-0.2, -0.15) is 0 Å². The number of para-hydroxylation sites is 1. The Labute approximate surface area is 254 Å². The van der Waals surface area contributed by atoms with Gasteiger partial charge in [-0.3, -0.25) is 0 Å². The van der Waals surface area contributed by atoms with Crippen LogP contribution in [0.4, 0.5) is 4.79 Å². The molecule has 0 fully saturated rings. The summed E-state index contributed by atoms with van der Waals surface area (Å²) in [4.78, 5) is 28.0. The van der Waals surface area contributed by atoms with Gasteiger partial charge in [0, 0.05) is 24.4 Å². The van der Waals surface area contributed by atoms with Crippen molar-refractivity contribution in [2.75, 3.05) is 13.7 Å². The molecule has 0 aromatic heterocycles. The van der Waals surface area contributed by atoms with Crippen LogP contribution >= 0.6 is 0 Å². The summed E-state index contributed by atoms with van der Waals surface area (Å²) >= 11 is 0. The van der Waals surface area contributed by atoms with Crippen molar-refractivity contribution < 1.29 is 23.8 Å². The summed E-state index contributed by atoms with van der Waals surface area (Å²) in [7, 11) is 1.41. The number of ether oxygens (including phenoxy) is 3. The van der Waals surface area contributed by atoms with Crippen molar-refractivity contribution in [1.29, 1.82) is 0 Å². The fourth-order valence-corrected chi connectivity index (χ4v) is 6.00. The maximum atomic E-state index is 13.6. The van der Waals surface area contributed by atoms with Crippen LogP contribution in [-0.2, 0) is 9.47 Å². The minimum atomic E-state index is -0.623. The second kappa shape index (κ2) is 12.5. The number of carbonyl (C=O) groups excluding carboxylic acids is 2. The van der Waals surface area contributed by atoms with E-state index in [2.05, 4.69) is 43.3 Å². The monoisotopic (exact) mass is 579 g/mol. The van der Waals surface area contributed by atoms with Crippen LogP contribution in [0.5, 0.6) is 5.75 Å². The smallest absolute Gasteiger partial charge is 0.410 e. The number of amides is 1. The van der Waals surface area contributed by atoms with Crippen LogP contribution < -0.4 is 4.74 Å². The third-order valence-electron chi connectivity index (χ3n) is 8.22. The number of hydrogen-bond donors (Lipinski definition) is 0. The maximum Gasteiger partial charge on any atom is 0.410 e. The van der Waals surface area contributed by atoms with Crippen molar-refractivity contribution in [3.63, 3.8) is 0 Å². The molecule has 4 aromatic carbocycles. The molecule has 0 saturated carbocycles. The first-order chi connectivity index (χ1) is 20.6. The lowest BCUT2D eigenvalue weighted by Crippen LogP contribution is -2.41. The fourth-order valence-electron chi connectivity index (χ4n) is 6.00. The minimum absolute atomic E-state index is 0.0319. The normalized spacial score (nSPS) is 17.0. The zero-order chi connectivity index (χ0) is 30.7. The highest BCUT2D eigenvalue weighted by atomic mass is 16.6. The first-order valence-electron chi connectivity index (χ1n) is 15.0. The van der Waals surface area contributed by atoms with Crippen molar-refractivity contribution in [2.24, 2.45) is 0 Å². The molecule has 0 N–H and O–H groups in total. The van der Waals surface area contributed by atoms with Gasteiger partial charge >= 0.3 is 12.1 Å². The van der Waals surface area contributed by atoms with Gasteiger partial charge in [0.2, 0.25) is 0 Å². The first kappa shape index (κ1) is 30.1. The number of methoxy groups -OCH3 is 1. The molecule has 0 radical (unpaired) electrons. The molecule has 0 bridgehead atoms. The van der Waals surface area contributed by atoms with Crippen LogP contribution in [0.3, 0.4) is 0 Å². The molecule has 43 heavy (non-hydrogen) atoms. The van der Waals surface area contributed by atoms with Crippen molar-refractivity contribution in [2.45, 2.75) is 71.1 Å². The molecule has 1 unspecified atom stereocenters. The third-order valence-corrected chi connectivity index (χ3v) is 8.22. The molecule has 1 aliphatic heterocycles. The number of nitrogens with zero attached hydrogens (tertiary/aromatic N) is 1. The van der Waals surface area contributed by atoms with Crippen LogP contribution in [0.15, 0.2) is 84.9 Å². The van der Waals surface area contributed by atoms with Gasteiger partial charge < -0.3 is 19.1 Å². The van der Waals surface area contributed by atoms with E-state index >= 15 is 0 Å². The zero-order valence-corrected chi connectivity index (χ0v) is 25.9. The summed E-state index contributed by atoms with van der Waals surface area (Å²) in [6.07, 6.45) is 0.842. The van der Waals surface area contributed by atoms with Crippen LogP contribution in [-0.4, -0.2) is 42.3 Å². The van der Waals surface area contributed by atoms with Crippen LogP contribution in [0.1, 0.15) is 85.1 Å². The number of hydrogen-bond acceptors (Lipinski definition) is 5. The molecule has 6 nitrogen and oxygen atoms in total. The van der Waals surface area contributed by atoms with E-state index in [9.17, 15) is 9.59 Å². The molecule has 224 valence electrons. The van der Waals surface area contributed by atoms with E-state index < -0.39 is 5.60 Å². The van der Waals surface area contributed by atoms with Gasteiger partial charge in [-0.05, 0) is 80.6 Å². The van der Waals surface area contributed by atoms with E-state index in [0.29, 0.717) is 24.9 Å². The average Bonchev–Trinajstić information content (AvgIpc) is 2.99. The average molecular weight is 580 g/mol. The molecule has 0 aliphatic carbocycles. The lowest BCUT2D eigenvalue weighted by atomic mass is 9.82. The molecular weight excluding hydrogens is 538 g/mol. The van der Waals surface area contributed by atoms with E-state index in [0.717, 1.165) is 38.8 Å². The minimum Gasteiger partial charge on any atom is -0.490 e. The molecule has 1 aliphatic rings. The summed E-state index contributed by atoms with van der Waals surface area (Å²) in [6, 6.07) is 28.3. The van der Waals surface area contributed by atoms with Crippen molar-refractivity contribution >= 4 is 22.8 Å². The van der Waals surface area contributed by atoms with Crippen LogP contribution in [0, 0.1) is 6.92 Å². The molecule has 1 heterocycles. The zero-order valence-electron chi connectivity index (χ0n) is 25.9. The van der Waals surface area contributed by atoms with Gasteiger partial charge in [0.15, 0.2) is 0 Å². The van der Waals surface area contributed by atoms with Crippen molar-refractivity contribution in [3.05, 3.63) is 113 Å². The Hall–Kier alpha value is -4.32. The SMILES string of the molecule is COC(=O)c1cc(C2C[C@@H](CCN(C(=O)OC(C)(C)C)[C@H](C)c3cccc4ccccc34)Oc3ccccc32)ccc1C. The predicted molar refractivity (Wildman–Crippen MR) is 170 cm³/mol. The summed E-state index contributed by atoms with van der Waals surface area (Å²) in [5.74, 6) is 0.519. The predicted octanol–water partition coefficient (Wildman–Crippen LogP) is 8.61. The van der Waals surface area contributed by atoms with E-state index in [1.54, 1.807) is 0 Å². The maximum absolute atomic E-state index is 13.6. The van der Waals surface area contributed by atoms with Gasteiger partial charge in [-0.15, -0.1) is 0 Å². The van der Waals surface area contributed by atoms with Crippen molar-refractivity contribution in [1.82, 2.24) is 4.90 Å².